The summed E-state index contributed by atoms with van der Waals surface area (Å²) in [5.41, 5.74) is 4.18. The molecule has 4 rings (SSSR count). The Morgan fingerprint density at radius 2 is 1.87 bits per heavy atom. The summed E-state index contributed by atoms with van der Waals surface area (Å²) >= 11 is 0. The van der Waals surface area contributed by atoms with Gasteiger partial charge in [0.25, 0.3) is 5.91 Å². The van der Waals surface area contributed by atoms with Crippen LogP contribution >= 0.6 is 0 Å². The topological polar surface area (TPSA) is 98.3 Å². The second kappa shape index (κ2) is 7.70. The summed E-state index contributed by atoms with van der Waals surface area (Å²) in [6, 6.07) is 15.8. The van der Waals surface area contributed by atoms with Crippen molar-refractivity contribution in [1.82, 2.24) is 14.7 Å². The second-order valence-electron chi connectivity index (χ2n) is 7.58. The van der Waals surface area contributed by atoms with Crippen LogP contribution in [0.2, 0.25) is 0 Å². The monoisotopic (exact) mass is 424 g/mol. The molecule has 1 heterocycles. The van der Waals surface area contributed by atoms with Crippen LogP contribution in [0.1, 0.15) is 46.7 Å². The Labute approximate surface area is 176 Å². The molecule has 0 spiro atoms. The van der Waals surface area contributed by atoms with Gasteiger partial charge in [0, 0.05) is 18.3 Å². The zero-order valence-electron chi connectivity index (χ0n) is 16.9. The van der Waals surface area contributed by atoms with Crippen molar-refractivity contribution in [3.8, 4) is 5.69 Å². The molecular weight excluding hydrogens is 400 g/mol. The molecule has 7 nitrogen and oxygen atoms in total. The molecule has 1 atom stereocenters. The Bertz CT molecular complexity index is 1200. The molecule has 0 saturated heterocycles. The van der Waals surface area contributed by atoms with Gasteiger partial charge >= 0.3 is 0 Å². The summed E-state index contributed by atoms with van der Waals surface area (Å²) in [7, 11) is -2.10. The van der Waals surface area contributed by atoms with Gasteiger partial charge < -0.3 is 4.90 Å². The van der Waals surface area contributed by atoms with Crippen molar-refractivity contribution in [2.75, 3.05) is 7.05 Å². The quantitative estimate of drug-likeness (QED) is 0.681. The van der Waals surface area contributed by atoms with Gasteiger partial charge in [0.2, 0.25) is 10.0 Å². The van der Waals surface area contributed by atoms with Crippen LogP contribution in [0.4, 0.5) is 0 Å². The predicted octanol–water partition coefficient (Wildman–Crippen LogP) is 2.84. The molecule has 2 N–H and O–H groups in total. The van der Waals surface area contributed by atoms with E-state index in [2.05, 4.69) is 5.10 Å². The number of sulfonamides is 1. The smallest absolute Gasteiger partial charge is 0.274 e. The molecule has 0 aliphatic heterocycles. The Morgan fingerprint density at radius 3 is 2.57 bits per heavy atom. The predicted molar refractivity (Wildman–Crippen MR) is 114 cm³/mol. The maximum Gasteiger partial charge on any atom is 0.274 e. The van der Waals surface area contributed by atoms with Gasteiger partial charge in [0.15, 0.2) is 5.69 Å². The van der Waals surface area contributed by atoms with Crippen molar-refractivity contribution in [2.45, 2.75) is 37.1 Å². The molecule has 0 radical (unpaired) electrons. The highest BCUT2D eigenvalue weighted by molar-refractivity contribution is 7.89. The first-order valence-electron chi connectivity index (χ1n) is 9.83. The summed E-state index contributed by atoms with van der Waals surface area (Å²) in [6.07, 6.45) is 2.71. The fourth-order valence-electron chi connectivity index (χ4n) is 3.91. The Kier molecular flexibility index (Phi) is 5.21. The Balaban J connectivity index is 1.67. The molecule has 0 saturated carbocycles. The van der Waals surface area contributed by atoms with Gasteiger partial charge in [-0.2, -0.15) is 5.10 Å². The number of amides is 1. The van der Waals surface area contributed by atoms with E-state index in [4.69, 9.17) is 5.14 Å². The maximum atomic E-state index is 13.4. The third kappa shape index (κ3) is 3.64. The minimum absolute atomic E-state index is 0.0296. The van der Waals surface area contributed by atoms with Crippen LogP contribution in [0.5, 0.6) is 0 Å². The van der Waals surface area contributed by atoms with Crippen molar-refractivity contribution in [3.63, 3.8) is 0 Å². The lowest BCUT2D eigenvalue weighted by Gasteiger charge is -2.25. The van der Waals surface area contributed by atoms with Gasteiger partial charge in [-0.3, -0.25) is 4.79 Å². The van der Waals surface area contributed by atoms with E-state index >= 15 is 0 Å². The molecule has 0 fully saturated rings. The molecule has 1 aromatic heterocycles. The van der Waals surface area contributed by atoms with E-state index in [1.807, 2.05) is 41.9 Å². The number of rotatable bonds is 5. The van der Waals surface area contributed by atoms with Crippen molar-refractivity contribution >= 4 is 15.9 Å². The van der Waals surface area contributed by atoms with Crippen molar-refractivity contribution in [3.05, 3.63) is 77.1 Å². The SMILES string of the molecule is CC(c1cccc(S(N)(=O)=O)c1)N(C)C(=O)c1nn(-c2ccccc2)c2c1CCC2. The van der Waals surface area contributed by atoms with Crippen molar-refractivity contribution in [2.24, 2.45) is 5.14 Å². The van der Waals surface area contributed by atoms with E-state index < -0.39 is 10.0 Å². The standard InChI is InChI=1S/C22H24N4O3S/c1-15(16-8-6-11-18(14-16)30(23,28)29)25(2)22(27)21-19-12-7-13-20(19)26(24-21)17-9-4-3-5-10-17/h3-6,8-11,14-15H,7,12-13H2,1-2H3,(H2,23,28,29). The normalized spacial score (nSPS) is 14.4. The molecule has 3 aromatic rings. The molecular formula is C22H24N4O3S. The number of aromatic nitrogens is 2. The Hall–Kier alpha value is -2.97. The molecule has 2 aromatic carbocycles. The number of nitrogens with zero attached hydrogens (tertiary/aromatic N) is 3. The zero-order chi connectivity index (χ0) is 21.5. The first-order chi connectivity index (χ1) is 14.3. The number of hydrogen-bond donors (Lipinski definition) is 1. The number of nitrogens with two attached hydrogens (primary N) is 1. The van der Waals surface area contributed by atoms with Crippen LogP contribution in [0.25, 0.3) is 5.69 Å². The van der Waals surface area contributed by atoms with Gasteiger partial charge in [-0.05, 0) is 56.0 Å². The third-order valence-corrected chi connectivity index (χ3v) is 6.61. The number of benzene rings is 2. The van der Waals surface area contributed by atoms with Gasteiger partial charge in [-0.15, -0.1) is 0 Å². The Morgan fingerprint density at radius 1 is 1.13 bits per heavy atom. The number of para-hydroxylation sites is 1. The van der Waals surface area contributed by atoms with E-state index in [-0.39, 0.29) is 16.8 Å². The molecule has 1 aliphatic rings. The van der Waals surface area contributed by atoms with Crippen LogP contribution in [0.15, 0.2) is 59.5 Å². The molecule has 0 bridgehead atoms. The highest BCUT2D eigenvalue weighted by Gasteiger charge is 2.30. The largest absolute Gasteiger partial charge is 0.334 e. The van der Waals surface area contributed by atoms with E-state index in [1.165, 1.54) is 12.1 Å². The molecule has 30 heavy (non-hydrogen) atoms. The first kappa shape index (κ1) is 20.3. The van der Waals surface area contributed by atoms with Gasteiger partial charge in [0.05, 0.1) is 16.6 Å². The minimum Gasteiger partial charge on any atom is -0.334 e. The molecule has 1 amide bonds. The summed E-state index contributed by atoms with van der Waals surface area (Å²) in [4.78, 5) is 15.0. The van der Waals surface area contributed by atoms with E-state index in [9.17, 15) is 13.2 Å². The first-order valence-corrected chi connectivity index (χ1v) is 11.4. The van der Waals surface area contributed by atoms with Crippen LogP contribution in [0.3, 0.4) is 0 Å². The van der Waals surface area contributed by atoms with Gasteiger partial charge in [-0.1, -0.05) is 30.3 Å². The summed E-state index contributed by atoms with van der Waals surface area (Å²) in [5, 5.41) is 9.92. The lowest BCUT2D eigenvalue weighted by molar-refractivity contribution is 0.0735. The fourth-order valence-corrected chi connectivity index (χ4v) is 4.48. The maximum absolute atomic E-state index is 13.4. The second-order valence-corrected chi connectivity index (χ2v) is 9.15. The molecule has 1 unspecified atom stereocenters. The summed E-state index contributed by atoms with van der Waals surface area (Å²) < 4.78 is 25.2. The average Bonchev–Trinajstić information content (AvgIpc) is 3.35. The third-order valence-electron chi connectivity index (χ3n) is 5.70. The number of primary sulfonamides is 1. The van der Waals surface area contributed by atoms with Gasteiger partial charge in [0.1, 0.15) is 0 Å². The molecule has 8 heteroatoms. The minimum atomic E-state index is -3.81. The lowest BCUT2D eigenvalue weighted by Crippen LogP contribution is -2.31. The summed E-state index contributed by atoms with van der Waals surface area (Å²) in [5.74, 6) is -0.184. The van der Waals surface area contributed by atoms with Crippen LogP contribution in [-0.2, 0) is 22.9 Å². The average molecular weight is 425 g/mol. The molecule has 156 valence electrons. The van der Waals surface area contributed by atoms with Crippen LogP contribution in [-0.4, -0.2) is 36.1 Å². The highest BCUT2D eigenvalue weighted by atomic mass is 32.2. The summed E-state index contributed by atoms with van der Waals surface area (Å²) in [6.45, 7) is 1.86. The van der Waals surface area contributed by atoms with Crippen LogP contribution in [0, 0.1) is 0 Å². The van der Waals surface area contributed by atoms with Crippen molar-refractivity contribution in [1.29, 1.82) is 0 Å². The van der Waals surface area contributed by atoms with E-state index in [0.29, 0.717) is 11.3 Å². The van der Waals surface area contributed by atoms with E-state index in [1.54, 1.807) is 24.1 Å². The highest BCUT2D eigenvalue weighted by Crippen LogP contribution is 2.30. The van der Waals surface area contributed by atoms with Crippen LogP contribution < -0.4 is 5.14 Å². The number of hydrogen-bond acceptors (Lipinski definition) is 4. The van der Waals surface area contributed by atoms with E-state index in [0.717, 1.165) is 36.2 Å². The number of fused-ring (bicyclic) bond motifs is 1. The van der Waals surface area contributed by atoms with Crippen molar-refractivity contribution < 1.29 is 13.2 Å². The van der Waals surface area contributed by atoms with Gasteiger partial charge in [-0.25, -0.2) is 18.2 Å². The zero-order valence-corrected chi connectivity index (χ0v) is 17.8. The molecule has 1 aliphatic carbocycles. The lowest BCUT2D eigenvalue weighted by atomic mass is 10.1. The number of carbonyl (C=O) groups excluding carboxylic acids is 1. The number of carbonyl (C=O) groups is 1. The fraction of sp³-hybridized carbons (Fsp3) is 0.273.